The highest BCUT2D eigenvalue weighted by Crippen LogP contribution is 2.29. The van der Waals surface area contributed by atoms with Crippen LogP contribution in [0.2, 0.25) is 0 Å². The van der Waals surface area contributed by atoms with Crippen molar-refractivity contribution >= 4 is 11.6 Å². The fourth-order valence-corrected chi connectivity index (χ4v) is 1.43. The molecule has 0 fully saturated rings. The number of anilines is 1. The van der Waals surface area contributed by atoms with E-state index in [1.54, 1.807) is 32.2 Å². The number of benzene rings is 1. The minimum Gasteiger partial charge on any atom is -0.497 e. The molecule has 0 saturated heterocycles. The largest absolute Gasteiger partial charge is 0.497 e. The van der Waals surface area contributed by atoms with Crippen LogP contribution in [0.15, 0.2) is 18.2 Å². The maximum Gasteiger partial charge on any atom is 0.241 e. The molecule has 106 valence electrons. The van der Waals surface area contributed by atoms with Crippen molar-refractivity contribution in [2.24, 2.45) is 5.73 Å². The fourth-order valence-electron chi connectivity index (χ4n) is 1.43. The van der Waals surface area contributed by atoms with Crippen LogP contribution in [0.1, 0.15) is 26.7 Å². The molecule has 0 unspecified atom stereocenters. The van der Waals surface area contributed by atoms with Crippen LogP contribution in [0.3, 0.4) is 0 Å². The zero-order chi connectivity index (χ0) is 14.3. The Balaban J connectivity index is 2.85. The number of methoxy groups -OCH3 is 1. The molecule has 3 N–H and O–H groups in total. The second kappa shape index (κ2) is 7.63. The lowest BCUT2D eigenvalue weighted by Gasteiger charge is -2.14. The van der Waals surface area contributed by atoms with Crippen molar-refractivity contribution in [1.29, 1.82) is 0 Å². The molecule has 5 nitrogen and oxygen atoms in total. The Kier molecular flexibility index (Phi) is 6.15. The predicted molar refractivity (Wildman–Crippen MR) is 75.7 cm³/mol. The summed E-state index contributed by atoms with van der Waals surface area (Å²) in [5.74, 6) is 1.03. The first kappa shape index (κ1) is 15.3. The van der Waals surface area contributed by atoms with Gasteiger partial charge >= 0.3 is 0 Å². The molecule has 1 atom stereocenters. The number of hydrogen-bond donors (Lipinski definition) is 2. The lowest BCUT2D eigenvalue weighted by molar-refractivity contribution is -0.117. The molecule has 0 aliphatic rings. The molecule has 19 heavy (non-hydrogen) atoms. The topological polar surface area (TPSA) is 73.6 Å². The van der Waals surface area contributed by atoms with Crippen molar-refractivity contribution < 1.29 is 14.3 Å². The van der Waals surface area contributed by atoms with E-state index in [2.05, 4.69) is 12.2 Å². The van der Waals surface area contributed by atoms with Gasteiger partial charge < -0.3 is 20.5 Å². The maximum absolute atomic E-state index is 11.7. The molecule has 1 aromatic rings. The second-order valence-electron chi connectivity index (χ2n) is 4.34. The van der Waals surface area contributed by atoms with Crippen molar-refractivity contribution in [2.75, 3.05) is 19.0 Å². The van der Waals surface area contributed by atoms with Gasteiger partial charge in [-0.15, -0.1) is 0 Å². The Hall–Kier alpha value is -1.75. The van der Waals surface area contributed by atoms with Gasteiger partial charge in [0.15, 0.2) is 0 Å². The van der Waals surface area contributed by atoms with Crippen LogP contribution < -0.4 is 20.5 Å². The van der Waals surface area contributed by atoms with E-state index in [9.17, 15) is 4.79 Å². The van der Waals surface area contributed by atoms with Crippen molar-refractivity contribution in [1.82, 2.24) is 0 Å². The molecule has 1 amide bonds. The first-order valence-electron chi connectivity index (χ1n) is 6.45. The van der Waals surface area contributed by atoms with E-state index < -0.39 is 6.04 Å². The maximum atomic E-state index is 11.7. The molecule has 5 heteroatoms. The lowest BCUT2D eigenvalue weighted by Crippen LogP contribution is -2.32. The Labute approximate surface area is 114 Å². The molecule has 0 heterocycles. The molecular weight excluding hydrogens is 244 g/mol. The van der Waals surface area contributed by atoms with E-state index in [4.69, 9.17) is 15.2 Å². The second-order valence-corrected chi connectivity index (χ2v) is 4.34. The highest BCUT2D eigenvalue weighted by molar-refractivity contribution is 5.95. The summed E-state index contributed by atoms with van der Waals surface area (Å²) in [7, 11) is 1.57. The van der Waals surface area contributed by atoms with Crippen LogP contribution in [0.4, 0.5) is 5.69 Å². The van der Waals surface area contributed by atoms with Gasteiger partial charge in [-0.2, -0.15) is 0 Å². The molecule has 1 aromatic carbocycles. The third-order valence-corrected chi connectivity index (χ3v) is 2.61. The molecule has 0 spiro atoms. The molecule has 0 aliphatic carbocycles. The van der Waals surface area contributed by atoms with E-state index in [0.29, 0.717) is 23.8 Å². The number of amides is 1. The normalized spacial score (nSPS) is 11.8. The van der Waals surface area contributed by atoms with Crippen molar-refractivity contribution in [3.05, 3.63) is 18.2 Å². The van der Waals surface area contributed by atoms with Gasteiger partial charge in [-0.1, -0.05) is 13.3 Å². The average molecular weight is 266 g/mol. The average Bonchev–Trinajstić information content (AvgIpc) is 2.40. The molecule has 1 rings (SSSR count). The van der Waals surface area contributed by atoms with Crippen LogP contribution in [-0.4, -0.2) is 25.7 Å². The zero-order valence-corrected chi connectivity index (χ0v) is 11.7. The zero-order valence-electron chi connectivity index (χ0n) is 11.7. The van der Waals surface area contributed by atoms with E-state index in [0.717, 1.165) is 12.8 Å². The van der Waals surface area contributed by atoms with Gasteiger partial charge in [0.25, 0.3) is 0 Å². The molecule has 0 aliphatic heterocycles. The number of unbranched alkanes of at least 4 members (excludes halogenated alkanes) is 1. The monoisotopic (exact) mass is 266 g/mol. The minimum atomic E-state index is -0.574. The van der Waals surface area contributed by atoms with E-state index in [-0.39, 0.29) is 5.91 Å². The number of carbonyl (C=O) groups is 1. The SMILES string of the molecule is CCCCOc1ccc(OC)cc1NC(=O)[C@H](C)N. The minimum absolute atomic E-state index is 0.256. The molecular formula is C14H22N2O3. The van der Waals surface area contributed by atoms with Crippen LogP contribution in [0.25, 0.3) is 0 Å². The Morgan fingerprint density at radius 2 is 2.21 bits per heavy atom. The first-order valence-corrected chi connectivity index (χ1v) is 6.45. The molecule has 0 saturated carbocycles. The third-order valence-electron chi connectivity index (χ3n) is 2.61. The molecule has 0 radical (unpaired) electrons. The summed E-state index contributed by atoms with van der Waals surface area (Å²) in [4.78, 5) is 11.7. The Morgan fingerprint density at radius 1 is 1.47 bits per heavy atom. The fraction of sp³-hybridized carbons (Fsp3) is 0.500. The summed E-state index contributed by atoms with van der Waals surface area (Å²) in [5.41, 5.74) is 6.12. The van der Waals surface area contributed by atoms with Crippen LogP contribution in [0.5, 0.6) is 11.5 Å². The van der Waals surface area contributed by atoms with E-state index in [1.165, 1.54) is 0 Å². The van der Waals surface area contributed by atoms with E-state index >= 15 is 0 Å². The van der Waals surface area contributed by atoms with Crippen LogP contribution in [0, 0.1) is 0 Å². The van der Waals surface area contributed by atoms with Crippen LogP contribution in [-0.2, 0) is 4.79 Å². The smallest absolute Gasteiger partial charge is 0.241 e. The number of ether oxygens (including phenoxy) is 2. The summed E-state index contributed by atoms with van der Waals surface area (Å²) in [6.07, 6.45) is 2.02. The molecule has 0 aromatic heterocycles. The predicted octanol–water partition coefficient (Wildman–Crippen LogP) is 2.16. The third kappa shape index (κ3) is 4.79. The molecule has 0 bridgehead atoms. The Bertz CT molecular complexity index is 419. The van der Waals surface area contributed by atoms with Gasteiger partial charge in [0.1, 0.15) is 11.5 Å². The summed E-state index contributed by atoms with van der Waals surface area (Å²) < 4.78 is 10.8. The van der Waals surface area contributed by atoms with Gasteiger partial charge in [-0.05, 0) is 25.5 Å². The highest BCUT2D eigenvalue weighted by Gasteiger charge is 2.12. The van der Waals surface area contributed by atoms with Crippen molar-refractivity contribution in [3.63, 3.8) is 0 Å². The van der Waals surface area contributed by atoms with Gasteiger partial charge in [-0.25, -0.2) is 0 Å². The first-order chi connectivity index (χ1) is 9.08. The van der Waals surface area contributed by atoms with E-state index in [1.807, 2.05) is 0 Å². The van der Waals surface area contributed by atoms with Gasteiger partial charge in [-0.3, -0.25) is 4.79 Å². The standard InChI is InChI=1S/C14H22N2O3/c1-4-5-8-19-13-7-6-11(18-3)9-12(13)16-14(17)10(2)15/h6-7,9-10H,4-5,8,15H2,1-3H3,(H,16,17)/t10-/m0/s1. The number of carbonyl (C=O) groups excluding carboxylic acids is 1. The number of nitrogens with one attached hydrogen (secondary N) is 1. The Morgan fingerprint density at radius 3 is 2.79 bits per heavy atom. The number of nitrogens with two attached hydrogens (primary N) is 1. The van der Waals surface area contributed by atoms with Crippen molar-refractivity contribution in [2.45, 2.75) is 32.7 Å². The van der Waals surface area contributed by atoms with Gasteiger partial charge in [0.2, 0.25) is 5.91 Å². The number of rotatable bonds is 7. The van der Waals surface area contributed by atoms with Crippen molar-refractivity contribution in [3.8, 4) is 11.5 Å². The lowest BCUT2D eigenvalue weighted by atomic mass is 10.2. The highest BCUT2D eigenvalue weighted by atomic mass is 16.5. The summed E-state index contributed by atoms with van der Waals surface area (Å²) in [5, 5.41) is 2.74. The number of hydrogen-bond acceptors (Lipinski definition) is 4. The van der Waals surface area contributed by atoms with Gasteiger partial charge in [0, 0.05) is 6.07 Å². The quantitative estimate of drug-likeness (QED) is 0.742. The summed E-state index contributed by atoms with van der Waals surface area (Å²) in [6.45, 7) is 4.34. The van der Waals surface area contributed by atoms with Crippen LogP contribution >= 0.6 is 0 Å². The summed E-state index contributed by atoms with van der Waals surface area (Å²) in [6, 6.07) is 4.73. The van der Waals surface area contributed by atoms with Gasteiger partial charge in [0.05, 0.1) is 25.4 Å². The summed E-state index contributed by atoms with van der Waals surface area (Å²) >= 11 is 0.